The van der Waals surface area contributed by atoms with Gasteiger partial charge in [0.05, 0.1) is 43.3 Å². The minimum absolute atomic E-state index is 0.0594. The number of aromatic nitrogens is 4. The maximum atomic E-state index is 13.1. The predicted octanol–water partition coefficient (Wildman–Crippen LogP) is 3.07. The predicted molar refractivity (Wildman–Crippen MR) is 112 cm³/mol. The molecule has 0 aliphatic carbocycles. The van der Waals surface area contributed by atoms with Crippen LogP contribution in [0.2, 0.25) is 0 Å². The van der Waals surface area contributed by atoms with Crippen molar-refractivity contribution < 1.29 is 13.9 Å². The van der Waals surface area contributed by atoms with E-state index >= 15 is 0 Å². The van der Waals surface area contributed by atoms with Gasteiger partial charge in [-0.3, -0.25) is 14.8 Å². The summed E-state index contributed by atoms with van der Waals surface area (Å²) in [6.45, 7) is 1.36. The molecular weight excluding hydrogens is 397 g/mol. The van der Waals surface area contributed by atoms with Crippen molar-refractivity contribution in [1.82, 2.24) is 24.3 Å². The first-order valence-electron chi connectivity index (χ1n) is 10.0. The summed E-state index contributed by atoms with van der Waals surface area (Å²) in [5.74, 6) is -0.475. The van der Waals surface area contributed by atoms with Gasteiger partial charge in [-0.2, -0.15) is 0 Å². The summed E-state index contributed by atoms with van der Waals surface area (Å²) in [6.07, 6.45) is 8.27. The van der Waals surface area contributed by atoms with Crippen molar-refractivity contribution in [3.8, 4) is 11.1 Å². The Hall–Kier alpha value is -3.65. The molecule has 7 nitrogen and oxygen atoms in total. The van der Waals surface area contributed by atoms with Gasteiger partial charge >= 0.3 is 0 Å². The summed E-state index contributed by atoms with van der Waals surface area (Å²) in [4.78, 5) is 27.1. The summed E-state index contributed by atoms with van der Waals surface area (Å²) < 4.78 is 21.0. The molecule has 0 N–H and O–H groups in total. The van der Waals surface area contributed by atoms with E-state index in [4.69, 9.17) is 4.74 Å². The lowest BCUT2D eigenvalue weighted by atomic mass is 10.1. The fourth-order valence-electron chi connectivity index (χ4n) is 3.80. The van der Waals surface area contributed by atoms with Crippen molar-refractivity contribution in [2.75, 3.05) is 19.7 Å². The van der Waals surface area contributed by atoms with Gasteiger partial charge in [0.2, 0.25) is 5.91 Å². The van der Waals surface area contributed by atoms with Crippen molar-refractivity contribution in [1.29, 1.82) is 0 Å². The van der Waals surface area contributed by atoms with Gasteiger partial charge in [-0.05, 0) is 41.5 Å². The quantitative estimate of drug-likeness (QED) is 0.510. The average Bonchev–Trinajstić information content (AvgIpc) is 3.24. The largest absolute Gasteiger partial charge is 0.368 e. The second-order valence-electron chi connectivity index (χ2n) is 7.42. The van der Waals surface area contributed by atoms with Crippen LogP contribution in [0.15, 0.2) is 67.5 Å². The van der Waals surface area contributed by atoms with Crippen LogP contribution in [0.4, 0.5) is 4.39 Å². The third-order valence-electron chi connectivity index (χ3n) is 5.42. The van der Waals surface area contributed by atoms with E-state index in [1.807, 2.05) is 34.9 Å². The number of imidazole rings is 1. The molecule has 0 unspecified atom stereocenters. The maximum Gasteiger partial charge on any atom is 0.228 e. The fourth-order valence-corrected chi connectivity index (χ4v) is 3.80. The van der Waals surface area contributed by atoms with Gasteiger partial charge in [0.15, 0.2) is 0 Å². The van der Waals surface area contributed by atoms with Crippen LogP contribution in [0.3, 0.4) is 0 Å². The maximum absolute atomic E-state index is 13.1. The molecule has 1 atom stereocenters. The topological polar surface area (TPSA) is 72.6 Å². The Balaban J connectivity index is 1.34. The minimum atomic E-state index is -0.415. The van der Waals surface area contributed by atoms with Gasteiger partial charge < -0.3 is 14.0 Å². The molecule has 31 heavy (non-hydrogen) atoms. The zero-order valence-corrected chi connectivity index (χ0v) is 16.7. The summed E-state index contributed by atoms with van der Waals surface area (Å²) in [6, 6.07) is 10.8. The second kappa shape index (κ2) is 8.23. The zero-order chi connectivity index (χ0) is 21.2. The number of hydrogen-bond donors (Lipinski definition) is 0. The number of nitrogens with zero attached hydrogens (tertiary/aromatic N) is 5. The number of morpholine rings is 1. The third kappa shape index (κ3) is 4.02. The van der Waals surface area contributed by atoms with Gasteiger partial charge in [-0.15, -0.1) is 0 Å². The third-order valence-corrected chi connectivity index (χ3v) is 5.42. The van der Waals surface area contributed by atoms with E-state index in [9.17, 15) is 9.18 Å². The van der Waals surface area contributed by atoms with E-state index in [0.717, 1.165) is 28.5 Å². The molecule has 5 rings (SSSR count). The van der Waals surface area contributed by atoms with Gasteiger partial charge in [-0.1, -0.05) is 6.07 Å². The molecule has 1 fully saturated rings. The van der Waals surface area contributed by atoms with Crippen molar-refractivity contribution in [3.63, 3.8) is 0 Å². The molecule has 4 aromatic rings. The molecule has 4 aromatic heterocycles. The van der Waals surface area contributed by atoms with Crippen LogP contribution in [-0.2, 0) is 16.0 Å². The molecule has 1 aliphatic heterocycles. The first-order valence-corrected chi connectivity index (χ1v) is 10.0. The number of carbonyl (C=O) groups excluding carboxylic acids is 1. The second-order valence-corrected chi connectivity index (χ2v) is 7.42. The summed E-state index contributed by atoms with van der Waals surface area (Å²) in [5.41, 5.74) is 4.43. The number of amides is 1. The Kier molecular flexibility index (Phi) is 5.13. The summed E-state index contributed by atoms with van der Waals surface area (Å²) >= 11 is 0. The molecule has 1 saturated heterocycles. The van der Waals surface area contributed by atoms with Crippen LogP contribution < -0.4 is 0 Å². The van der Waals surface area contributed by atoms with Crippen molar-refractivity contribution in [3.05, 3.63) is 84.7 Å². The first-order chi connectivity index (χ1) is 15.2. The number of pyridine rings is 3. The van der Waals surface area contributed by atoms with E-state index in [-0.39, 0.29) is 18.4 Å². The molecule has 0 saturated carbocycles. The van der Waals surface area contributed by atoms with Gasteiger partial charge in [0.1, 0.15) is 11.9 Å². The van der Waals surface area contributed by atoms with Crippen molar-refractivity contribution >= 4 is 11.4 Å². The standard InChI is InChI=1S/C23H20FN5O2/c24-18-2-3-19(26-12-18)11-22(30)28-9-10-31-21(14-28)23-20-4-1-17(13-29(20)15-27-23)16-5-7-25-8-6-16/h1-8,12-13,15,21H,9-11,14H2/t21-/m0/s1. The van der Waals surface area contributed by atoms with E-state index in [1.54, 1.807) is 23.6 Å². The van der Waals surface area contributed by atoms with Crippen LogP contribution in [0.25, 0.3) is 16.6 Å². The van der Waals surface area contributed by atoms with Crippen LogP contribution in [0.5, 0.6) is 0 Å². The van der Waals surface area contributed by atoms with Crippen molar-refractivity contribution in [2.24, 2.45) is 0 Å². The number of carbonyl (C=O) groups is 1. The van der Waals surface area contributed by atoms with E-state index < -0.39 is 5.82 Å². The molecule has 0 radical (unpaired) electrons. The number of halogens is 1. The molecule has 1 amide bonds. The van der Waals surface area contributed by atoms with E-state index in [2.05, 4.69) is 15.0 Å². The Labute approximate surface area is 178 Å². The number of ether oxygens (including phenoxy) is 1. The highest BCUT2D eigenvalue weighted by molar-refractivity contribution is 5.78. The Morgan fingerprint density at radius 1 is 1.10 bits per heavy atom. The molecule has 5 heterocycles. The highest BCUT2D eigenvalue weighted by Gasteiger charge is 2.28. The van der Waals surface area contributed by atoms with Crippen LogP contribution in [-0.4, -0.2) is 49.9 Å². The lowest BCUT2D eigenvalue weighted by Crippen LogP contribution is -2.43. The Morgan fingerprint density at radius 3 is 2.77 bits per heavy atom. The average molecular weight is 417 g/mol. The monoisotopic (exact) mass is 417 g/mol. The SMILES string of the molecule is O=C(Cc1ccc(F)cn1)N1CCO[C@H](c2ncn3cc(-c4ccncc4)ccc23)C1. The molecule has 0 bridgehead atoms. The fraction of sp³-hybridized carbons (Fsp3) is 0.217. The van der Waals surface area contributed by atoms with Crippen molar-refractivity contribution in [2.45, 2.75) is 12.5 Å². The Bertz CT molecular complexity index is 1210. The molecule has 0 aromatic carbocycles. The number of hydrogen-bond acceptors (Lipinski definition) is 5. The number of fused-ring (bicyclic) bond motifs is 1. The highest BCUT2D eigenvalue weighted by atomic mass is 19.1. The van der Waals surface area contributed by atoms with Crippen LogP contribution in [0, 0.1) is 5.82 Å². The van der Waals surface area contributed by atoms with Gasteiger partial charge in [-0.25, -0.2) is 9.37 Å². The zero-order valence-electron chi connectivity index (χ0n) is 16.7. The molecule has 1 aliphatic rings. The lowest BCUT2D eigenvalue weighted by Gasteiger charge is -2.32. The van der Waals surface area contributed by atoms with E-state index in [0.29, 0.717) is 25.4 Å². The smallest absolute Gasteiger partial charge is 0.228 e. The molecular formula is C23H20FN5O2. The lowest BCUT2D eigenvalue weighted by molar-refractivity contribution is -0.138. The van der Waals surface area contributed by atoms with Gasteiger partial charge in [0, 0.05) is 30.8 Å². The highest BCUT2D eigenvalue weighted by Crippen LogP contribution is 2.27. The molecule has 8 heteroatoms. The molecule has 0 spiro atoms. The minimum Gasteiger partial charge on any atom is -0.368 e. The van der Waals surface area contributed by atoms with Gasteiger partial charge in [0.25, 0.3) is 0 Å². The normalized spacial score (nSPS) is 16.5. The Morgan fingerprint density at radius 2 is 1.97 bits per heavy atom. The summed E-state index contributed by atoms with van der Waals surface area (Å²) in [7, 11) is 0. The number of rotatable bonds is 4. The molecule has 156 valence electrons. The van der Waals surface area contributed by atoms with Crippen LogP contribution >= 0.6 is 0 Å². The first kappa shape index (κ1) is 19.3. The van der Waals surface area contributed by atoms with E-state index in [1.165, 1.54) is 12.1 Å². The van der Waals surface area contributed by atoms with Crippen LogP contribution in [0.1, 0.15) is 17.5 Å². The summed E-state index contributed by atoms with van der Waals surface area (Å²) in [5, 5.41) is 0.